The summed E-state index contributed by atoms with van der Waals surface area (Å²) in [4.78, 5) is 4.28. The molecule has 1 aromatic rings. The van der Waals surface area contributed by atoms with Crippen molar-refractivity contribution in [1.29, 1.82) is 0 Å². The van der Waals surface area contributed by atoms with Gasteiger partial charge in [-0.3, -0.25) is 0 Å². The zero-order chi connectivity index (χ0) is 10.7. The van der Waals surface area contributed by atoms with E-state index in [4.69, 9.17) is 9.26 Å². The molecular formula is C10H17N3O2. The van der Waals surface area contributed by atoms with Crippen molar-refractivity contribution in [3.05, 3.63) is 11.7 Å². The summed E-state index contributed by atoms with van der Waals surface area (Å²) in [6, 6.07) is 0.665. The number of hydrogen-bond donors (Lipinski definition) is 1. The van der Waals surface area contributed by atoms with Gasteiger partial charge in [0.2, 0.25) is 5.89 Å². The summed E-state index contributed by atoms with van der Waals surface area (Å²) in [6.07, 6.45) is 3.36. The molecule has 5 nitrogen and oxygen atoms in total. The monoisotopic (exact) mass is 211 g/mol. The topological polar surface area (TPSA) is 60.2 Å². The molecule has 1 heterocycles. The lowest BCUT2D eigenvalue weighted by Gasteiger charge is -2.03. The van der Waals surface area contributed by atoms with Crippen LogP contribution in [0.25, 0.3) is 0 Å². The zero-order valence-corrected chi connectivity index (χ0v) is 9.19. The van der Waals surface area contributed by atoms with Gasteiger partial charge in [0, 0.05) is 19.6 Å². The van der Waals surface area contributed by atoms with Gasteiger partial charge in [-0.2, -0.15) is 4.98 Å². The molecule has 0 aromatic carbocycles. The van der Waals surface area contributed by atoms with E-state index in [1.165, 1.54) is 12.8 Å². The molecule has 5 heteroatoms. The Morgan fingerprint density at radius 3 is 3.07 bits per heavy atom. The third kappa shape index (κ3) is 3.28. The lowest BCUT2D eigenvalue weighted by atomic mass is 10.3. The highest BCUT2D eigenvalue weighted by Crippen LogP contribution is 2.19. The van der Waals surface area contributed by atoms with Crippen molar-refractivity contribution >= 4 is 0 Å². The Hall–Kier alpha value is -0.940. The van der Waals surface area contributed by atoms with Crippen LogP contribution in [0.15, 0.2) is 4.52 Å². The number of aromatic nitrogens is 2. The molecule has 0 spiro atoms. The van der Waals surface area contributed by atoms with Crippen LogP contribution in [0, 0.1) is 0 Å². The Bertz CT molecular complexity index is 309. The fourth-order valence-corrected chi connectivity index (χ4v) is 1.30. The van der Waals surface area contributed by atoms with Crippen LogP contribution in [0.4, 0.5) is 0 Å². The quantitative estimate of drug-likeness (QED) is 0.757. The summed E-state index contributed by atoms with van der Waals surface area (Å²) in [5.74, 6) is 1.39. The van der Waals surface area contributed by atoms with Gasteiger partial charge in [-0.1, -0.05) is 5.16 Å². The lowest BCUT2D eigenvalue weighted by Crippen LogP contribution is -2.15. The van der Waals surface area contributed by atoms with E-state index in [0.717, 1.165) is 5.82 Å². The second-order valence-electron chi connectivity index (χ2n) is 4.01. The molecule has 1 unspecified atom stereocenters. The molecule has 1 aliphatic rings. The second-order valence-corrected chi connectivity index (χ2v) is 4.01. The fraction of sp³-hybridized carbons (Fsp3) is 0.800. The van der Waals surface area contributed by atoms with Gasteiger partial charge < -0.3 is 14.6 Å². The minimum absolute atomic E-state index is 0.131. The highest BCUT2D eigenvalue weighted by Gasteiger charge is 2.21. The van der Waals surface area contributed by atoms with Crippen molar-refractivity contribution in [3.8, 4) is 0 Å². The summed E-state index contributed by atoms with van der Waals surface area (Å²) in [5, 5.41) is 7.22. The van der Waals surface area contributed by atoms with Crippen molar-refractivity contribution in [2.24, 2.45) is 0 Å². The lowest BCUT2D eigenvalue weighted by molar-refractivity contribution is 0.116. The minimum atomic E-state index is 0.131. The molecule has 1 N–H and O–H groups in total. The number of hydrogen-bond acceptors (Lipinski definition) is 5. The molecule has 1 aliphatic carbocycles. The molecular weight excluding hydrogens is 194 g/mol. The van der Waals surface area contributed by atoms with Crippen molar-refractivity contribution in [2.75, 3.05) is 7.11 Å². The van der Waals surface area contributed by atoms with E-state index in [1.807, 2.05) is 6.92 Å². The maximum absolute atomic E-state index is 5.13. The number of methoxy groups -OCH3 is 1. The highest BCUT2D eigenvalue weighted by atomic mass is 16.5. The van der Waals surface area contributed by atoms with E-state index in [-0.39, 0.29) is 6.10 Å². The molecule has 2 rings (SSSR count). The number of ether oxygens (including phenoxy) is 1. The molecule has 15 heavy (non-hydrogen) atoms. The van der Waals surface area contributed by atoms with E-state index in [2.05, 4.69) is 15.5 Å². The average Bonchev–Trinajstić information content (AvgIpc) is 2.97. The third-order valence-corrected chi connectivity index (χ3v) is 2.50. The first kappa shape index (κ1) is 10.6. The number of nitrogens with one attached hydrogen (secondary N) is 1. The largest absolute Gasteiger partial charge is 0.381 e. The van der Waals surface area contributed by atoms with E-state index in [0.29, 0.717) is 24.9 Å². The molecule has 0 aliphatic heterocycles. The first-order valence-corrected chi connectivity index (χ1v) is 5.35. The normalized spacial score (nSPS) is 18.0. The zero-order valence-electron chi connectivity index (χ0n) is 9.19. The van der Waals surface area contributed by atoms with Crippen LogP contribution < -0.4 is 5.32 Å². The third-order valence-electron chi connectivity index (χ3n) is 2.50. The van der Waals surface area contributed by atoms with Crippen molar-refractivity contribution in [2.45, 2.75) is 44.9 Å². The molecule has 0 bridgehead atoms. The van der Waals surface area contributed by atoms with Crippen LogP contribution in [0.2, 0.25) is 0 Å². The molecule has 1 aromatic heterocycles. The minimum Gasteiger partial charge on any atom is -0.381 e. The second kappa shape index (κ2) is 4.72. The number of rotatable bonds is 6. The van der Waals surface area contributed by atoms with Crippen LogP contribution in [0.5, 0.6) is 0 Å². The molecule has 84 valence electrons. The van der Waals surface area contributed by atoms with E-state index in [9.17, 15) is 0 Å². The van der Waals surface area contributed by atoms with Gasteiger partial charge in [-0.15, -0.1) is 0 Å². The predicted molar refractivity (Wildman–Crippen MR) is 54.3 cm³/mol. The molecule has 0 radical (unpaired) electrons. The maximum atomic E-state index is 5.13. The summed E-state index contributed by atoms with van der Waals surface area (Å²) in [5.41, 5.74) is 0. The first-order valence-electron chi connectivity index (χ1n) is 5.35. The van der Waals surface area contributed by atoms with Crippen LogP contribution >= 0.6 is 0 Å². The Labute approximate surface area is 89.2 Å². The van der Waals surface area contributed by atoms with E-state index >= 15 is 0 Å². The standard InChI is InChI=1S/C10H17N3O2/c1-7(14-2)5-9-12-10(15-13-9)6-11-8-3-4-8/h7-8,11H,3-6H2,1-2H3. The smallest absolute Gasteiger partial charge is 0.240 e. The van der Waals surface area contributed by atoms with Crippen LogP contribution in [0.3, 0.4) is 0 Å². The van der Waals surface area contributed by atoms with E-state index in [1.54, 1.807) is 7.11 Å². The molecule has 1 saturated carbocycles. The molecule has 1 atom stereocenters. The SMILES string of the molecule is COC(C)Cc1noc(CNC2CC2)n1. The Morgan fingerprint density at radius 1 is 1.60 bits per heavy atom. The van der Waals surface area contributed by atoms with Gasteiger partial charge in [0.1, 0.15) is 0 Å². The van der Waals surface area contributed by atoms with Gasteiger partial charge in [-0.05, 0) is 19.8 Å². The van der Waals surface area contributed by atoms with Crippen molar-refractivity contribution in [1.82, 2.24) is 15.5 Å². The summed E-state index contributed by atoms with van der Waals surface area (Å²) in [7, 11) is 1.68. The van der Waals surface area contributed by atoms with Crippen molar-refractivity contribution in [3.63, 3.8) is 0 Å². The van der Waals surface area contributed by atoms with Gasteiger partial charge in [0.25, 0.3) is 0 Å². The molecule has 0 saturated heterocycles. The molecule has 1 fully saturated rings. The van der Waals surface area contributed by atoms with E-state index < -0.39 is 0 Å². The Kier molecular flexibility index (Phi) is 3.33. The maximum Gasteiger partial charge on any atom is 0.240 e. The van der Waals surface area contributed by atoms with Crippen LogP contribution in [-0.2, 0) is 17.7 Å². The van der Waals surface area contributed by atoms with Gasteiger partial charge in [0.05, 0.1) is 12.6 Å². The molecule has 0 amide bonds. The van der Waals surface area contributed by atoms with Gasteiger partial charge in [-0.25, -0.2) is 0 Å². The summed E-state index contributed by atoms with van der Waals surface area (Å²) in [6.45, 7) is 2.66. The highest BCUT2D eigenvalue weighted by molar-refractivity contribution is 4.90. The summed E-state index contributed by atoms with van der Waals surface area (Å²) < 4.78 is 10.2. The number of nitrogens with zero attached hydrogens (tertiary/aromatic N) is 2. The van der Waals surface area contributed by atoms with Crippen molar-refractivity contribution < 1.29 is 9.26 Å². The summed E-state index contributed by atoms with van der Waals surface area (Å²) >= 11 is 0. The van der Waals surface area contributed by atoms with Crippen LogP contribution in [0.1, 0.15) is 31.5 Å². The first-order chi connectivity index (χ1) is 7.28. The van der Waals surface area contributed by atoms with Gasteiger partial charge >= 0.3 is 0 Å². The fourth-order valence-electron chi connectivity index (χ4n) is 1.30. The predicted octanol–water partition coefficient (Wildman–Crippen LogP) is 0.899. The Balaban J connectivity index is 1.79. The van der Waals surface area contributed by atoms with Gasteiger partial charge in [0.15, 0.2) is 5.82 Å². The Morgan fingerprint density at radius 2 is 2.40 bits per heavy atom. The van der Waals surface area contributed by atoms with Crippen LogP contribution in [-0.4, -0.2) is 29.4 Å². The average molecular weight is 211 g/mol.